The molecule has 1 saturated heterocycles. The van der Waals surface area contributed by atoms with Crippen molar-refractivity contribution < 1.29 is 19.0 Å². The van der Waals surface area contributed by atoms with Crippen molar-refractivity contribution in [3.63, 3.8) is 0 Å². The number of morpholine rings is 1. The lowest BCUT2D eigenvalue weighted by atomic mass is 10.2. The summed E-state index contributed by atoms with van der Waals surface area (Å²) in [4.78, 5) is 15.7. The van der Waals surface area contributed by atoms with Gasteiger partial charge in [-0.2, -0.15) is 0 Å². The first-order chi connectivity index (χ1) is 10.1. The summed E-state index contributed by atoms with van der Waals surface area (Å²) in [6, 6.07) is 5.40. The summed E-state index contributed by atoms with van der Waals surface area (Å²) in [7, 11) is 1.63. The molecule has 1 unspecified atom stereocenters. The Balaban J connectivity index is 1.83. The minimum atomic E-state index is -0.613. The van der Waals surface area contributed by atoms with Gasteiger partial charge in [-0.1, -0.05) is 0 Å². The first-order valence-corrected chi connectivity index (χ1v) is 7.05. The molecule has 0 bridgehead atoms. The maximum Gasteiger partial charge on any atom is 0.253 e. The van der Waals surface area contributed by atoms with Crippen LogP contribution in [-0.2, 0) is 4.74 Å². The van der Waals surface area contributed by atoms with E-state index in [4.69, 9.17) is 4.74 Å². The van der Waals surface area contributed by atoms with E-state index in [9.17, 15) is 14.3 Å². The molecule has 0 radical (unpaired) electrons. The zero-order valence-corrected chi connectivity index (χ0v) is 12.2. The molecule has 21 heavy (non-hydrogen) atoms. The molecule has 0 saturated carbocycles. The highest BCUT2D eigenvalue weighted by Gasteiger charge is 2.19. The van der Waals surface area contributed by atoms with E-state index < -0.39 is 6.10 Å². The van der Waals surface area contributed by atoms with Crippen LogP contribution in [0.4, 0.5) is 4.39 Å². The first-order valence-electron chi connectivity index (χ1n) is 7.05. The monoisotopic (exact) mass is 296 g/mol. The van der Waals surface area contributed by atoms with E-state index >= 15 is 0 Å². The zero-order valence-electron chi connectivity index (χ0n) is 12.2. The number of likely N-dealkylation sites (N-methyl/N-ethyl adjacent to an activating group) is 1. The van der Waals surface area contributed by atoms with Crippen LogP contribution in [0.15, 0.2) is 24.3 Å². The van der Waals surface area contributed by atoms with Crippen molar-refractivity contribution in [2.45, 2.75) is 6.10 Å². The van der Waals surface area contributed by atoms with Crippen LogP contribution in [0.25, 0.3) is 0 Å². The highest BCUT2D eigenvalue weighted by molar-refractivity contribution is 5.94. The molecule has 1 N–H and O–H groups in total. The Bertz CT molecular complexity index is 460. The van der Waals surface area contributed by atoms with E-state index in [0.29, 0.717) is 25.3 Å². The average molecular weight is 296 g/mol. The van der Waals surface area contributed by atoms with Crippen LogP contribution in [0.3, 0.4) is 0 Å². The summed E-state index contributed by atoms with van der Waals surface area (Å²) >= 11 is 0. The normalized spacial score (nSPS) is 17.5. The van der Waals surface area contributed by atoms with Gasteiger partial charge in [-0.25, -0.2) is 4.39 Å². The van der Waals surface area contributed by atoms with E-state index in [2.05, 4.69) is 4.90 Å². The molecule has 0 aromatic heterocycles. The Labute approximate surface area is 123 Å². The van der Waals surface area contributed by atoms with Gasteiger partial charge in [0, 0.05) is 38.8 Å². The van der Waals surface area contributed by atoms with Gasteiger partial charge in [0.1, 0.15) is 5.82 Å². The largest absolute Gasteiger partial charge is 0.390 e. The number of hydrogen-bond donors (Lipinski definition) is 1. The van der Waals surface area contributed by atoms with E-state index in [0.717, 1.165) is 13.1 Å². The molecule has 0 aliphatic carbocycles. The van der Waals surface area contributed by atoms with Gasteiger partial charge in [-0.15, -0.1) is 0 Å². The lowest BCUT2D eigenvalue weighted by Gasteiger charge is -2.30. The van der Waals surface area contributed by atoms with Gasteiger partial charge >= 0.3 is 0 Å². The Morgan fingerprint density at radius 1 is 1.38 bits per heavy atom. The van der Waals surface area contributed by atoms with Crippen molar-refractivity contribution in [2.75, 3.05) is 46.4 Å². The van der Waals surface area contributed by atoms with Gasteiger partial charge < -0.3 is 14.7 Å². The second-order valence-electron chi connectivity index (χ2n) is 5.26. The second-order valence-corrected chi connectivity index (χ2v) is 5.26. The summed E-state index contributed by atoms with van der Waals surface area (Å²) in [6.45, 7) is 3.71. The average Bonchev–Trinajstić information content (AvgIpc) is 2.48. The number of carbonyl (C=O) groups is 1. The maximum atomic E-state index is 12.8. The summed E-state index contributed by atoms with van der Waals surface area (Å²) < 4.78 is 18.1. The summed E-state index contributed by atoms with van der Waals surface area (Å²) in [5.41, 5.74) is 0.414. The first kappa shape index (κ1) is 15.9. The van der Waals surface area contributed by atoms with E-state index in [-0.39, 0.29) is 18.3 Å². The van der Waals surface area contributed by atoms with Crippen molar-refractivity contribution >= 4 is 5.91 Å². The predicted octanol–water partition coefficient (Wildman–Crippen LogP) is 0.591. The van der Waals surface area contributed by atoms with Gasteiger partial charge in [0.05, 0.1) is 19.3 Å². The van der Waals surface area contributed by atoms with Crippen LogP contribution in [0.2, 0.25) is 0 Å². The number of benzene rings is 1. The molecule has 1 heterocycles. The van der Waals surface area contributed by atoms with Crippen molar-refractivity contribution in [1.82, 2.24) is 9.80 Å². The fourth-order valence-electron chi connectivity index (χ4n) is 2.35. The fraction of sp³-hybridized carbons (Fsp3) is 0.533. The number of ether oxygens (including phenoxy) is 1. The lowest BCUT2D eigenvalue weighted by molar-refractivity contribution is 0.00879. The topological polar surface area (TPSA) is 53.0 Å². The second kappa shape index (κ2) is 7.49. The molecule has 1 atom stereocenters. The molecule has 1 aliphatic rings. The molecule has 1 aliphatic heterocycles. The van der Waals surface area contributed by atoms with E-state index in [1.165, 1.54) is 29.2 Å². The maximum absolute atomic E-state index is 12.8. The molecule has 2 rings (SSSR count). The van der Waals surface area contributed by atoms with Crippen LogP contribution < -0.4 is 0 Å². The summed E-state index contributed by atoms with van der Waals surface area (Å²) in [5.74, 6) is -0.599. The third kappa shape index (κ3) is 4.77. The van der Waals surface area contributed by atoms with Crippen molar-refractivity contribution in [2.24, 2.45) is 0 Å². The van der Waals surface area contributed by atoms with Crippen LogP contribution in [0.5, 0.6) is 0 Å². The van der Waals surface area contributed by atoms with Crippen molar-refractivity contribution in [1.29, 1.82) is 0 Å². The molecule has 1 amide bonds. The molecule has 5 nitrogen and oxygen atoms in total. The van der Waals surface area contributed by atoms with Gasteiger partial charge in [0.25, 0.3) is 5.91 Å². The number of halogens is 1. The van der Waals surface area contributed by atoms with E-state index in [1.54, 1.807) is 7.05 Å². The molecule has 0 spiro atoms. The fourth-order valence-corrected chi connectivity index (χ4v) is 2.35. The number of rotatable bonds is 5. The third-order valence-corrected chi connectivity index (χ3v) is 3.50. The smallest absolute Gasteiger partial charge is 0.253 e. The Morgan fingerprint density at radius 2 is 2.00 bits per heavy atom. The highest BCUT2D eigenvalue weighted by atomic mass is 19.1. The number of nitrogens with zero attached hydrogens (tertiary/aromatic N) is 2. The predicted molar refractivity (Wildman–Crippen MR) is 76.6 cm³/mol. The van der Waals surface area contributed by atoms with Gasteiger partial charge in [0.2, 0.25) is 0 Å². The number of aliphatic hydroxyl groups is 1. The minimum absolute atomic E-state index is 0.226. The summed E-state index contributed by atoms with van der Waals surface area (Å²) in [6.07, 6.45) is -0.613. The van der Waals surface area contributed by atoms with Gasteiger partial charge in [0.15, 0.2) is 0 Å². The number of aliphatic hydroxyl groups excluding tert-OH is 1. The molecular weight excluding hydrogens is 275 g/mol. The zero-order chi connectivity index (χ0) is 15.2. The molecule has 1 aromatic rings. The Kier molecular flexibility index (Phi) is 5.67. The van der Waals surface area contributed by atoms with Crippen LogP contribution in [-0.4, -0.2) is 73.4 Å². The van der Waals surface area contributed by atoms with Gasteiger partial charge in [-0.05, 0) is 24.3 Å². The van der Waals surface area contributed by atoms with Crippen LogP contribution >= 0.6 is 0 Å². The molecular formula is C15H21FN2O3. The van der Waals surface area contributed by atoms with Crippen molar-refractivity contribution in [3.05, 3.63) is 35.6 Å². The lowest BCUT2D eigenvalue weighted by Crippen LogP contribution is -2.45. The van der Waals surface area contributed by atoms with Gasteiger partial charge in [-0.3, -0.25) is 9.69 Å². The van der Waals surface area contributed by atoms with E-state index in [1.807, 2.05) is 0 Å². The minimum Gasteiger partial charge on any atom is -0.390 e. The van der Waals surface area contributed by atoms with Crippen LogP contribution in [0, 0.1) is 5.82 Å². The number of hydrogen-bond acceptors (Lipinski definition) is 4. The molecule has 116 valence electrons. The Morgan fingerprint density at radius 3 is 2.62 bits per heavy atom. The molecule has 1 fully saturated rings. The highest BCUT2D eigenvalue weighted by Crippen LogP contribution is 2.07. The standard InChI is InChI=1S/C15H21FN2O3/c1-17(15(20)12-2-4-13(16)5-3-12)10-14(19)11-18-6-8-21-9-7-18/h2-5,14,19H,6-11H2,1H3. The Hall–Kier alpha value is -1.50. The SMILES string of the molecule is CN(CC(O)CN1CCOCC1)C(=O)c1ccc(F)cc1. The number of amides is 1. The number of β-amino-alcohol motifs (C(OH)–C–C–N with tert-alkyl or cyclic N) is 1. The van der Waals surface area contributed by atoms with Crippen molar-refractivity contribution in [3.8, 4) is 0 Å². The molecule has 6 heteroatoms. The third-order valence-electron chi connectivity index (χ3n) is 3.50. The van der Waals surface area contributed by atoms with Crippen LogP contribution in [0.1, 0.15) is 10.4 Å². The number of carbonyl (C=O) groups excluding carboxylic acids is 1. The molecule has 1 aromatic carbocycles. The quantitative estimate of drug-likeness (QED) is 0.864. The summed E-state index contributed by atoms with van der Waals surface area (Å²) in [5, 5.41) is 10.1.